The van der Waals surface area contributed by atoms with Gasteiger partial charge < -0.3 is 21.1 Å². The third-order valence-corrected chi connectivity index (χ3v) is 4.63. The predicted molar refractivity (Wildman–Crippen MR) is 98.5 cm³/mol. The SMILES string of the molecule is Cc1nc2cn(CCN)c(O)c2c(-c2ccc(Cl)cc2Cl)c1CN. The van der Waals surface area contributed by atoms with Crippen molar-refractivity contribution in [2.75, 3.05) is 6.54 Å². The highest BCUT2D eigenvalue weighted by Gasteiger charge is 2.21. The van der Waals surface area contributed by atoms with Gasteiger partial charge in [0.1, 0.15) is 0 Å². The van der Waals surface area contributed by atoms with Crippen LogP contribution in [0.3, 0.4) is 0 Å². The van der Waals surface area contributed by atoms with Gasteiger partial charge in [-0.15, -0.1) is 0 Å². The van der Waals surface area contributed by atoms with Crippen LogP contribution in [0.25, 0.3) is 22.0 Å². The molecule has 0 aliphatic rings. The van der Waals surface area contributed by atoms with E-state index < -0.39 is 0 Å². The maximum Gasteiger partial charge on any atom is 0.201 e. The minimum atomic E-state index is 0.110. The fourth-order valence-corrected chi connectivity index (χ4v) is 3.49. The molecule has 0 saturated heterocycles. The standard InChI is InChI=1S/C17H18Cl2N4O/c1-9-12(7-21)15(11-3-2-10(18)6-13(11)19)16-14(22-9)8-23(5-4-20)17(16)24/h2-3,6,8,24H,4-5,7,20-21H2,1H3. The third-order valence-electron chi connectivity index (χ3n) is 4.08. The highest BCUT2D eigenvalue weighted by Crippen LogP contribution is 2.42. The molecule has 0 atom stereocenters. The van der Waals surface area contributed by atoms with E-state index in [1.54, 1.807) is 22.9 Å². The van der Waals surface area contributed by atoms with Crippen molar-refractivity contribution in [3.8, 4) is 17.0 Å². The molecule has 1 aromatic carbocycles. The zero-order valence-corrected chi connectivity index (χ0v) is 14.7. The molecule has 0 spiro atoms. The smallest absolute Gasteiger partial charge is 0.201 e. The van der Waals surface area contributed by atoms with Crippen LogP contribution in [-0.2, 0) is 13.1 Å². The zero-order chi connectivity index (χ0) is 17.4. The summed E-state index contributed by atoms with van der Waals surface area (Å²) >= 11 is 12.4. The Hall–Kier alpha value is -1.79. The van der Waals surface area contributed by atoms with Crippen molar-refractivity contribution in [2.24, 2.45) is 11.5 Å². The lowest BCUT2D eigenvalue weighted by Gasteiger charge is -2.14. The molecule has 2 aromatic heterocycles. The minimum absolute atomic E-state index is 0.110. The molecule has 126 valence electrons. The first-order valence-corrected chi connectivity index (χ1v) is 8.30. The normalized spacial score (nSPS) is 11.4. The lowest BCUT2D eigenvalue weighted by Crippen LogP contribution is -2.08. The second-order valence-electron chi connectivity index (χ2n) is 5.57. The highest BCUT2D eigenvalue weighted by molar-refractivity contribution is 6.36. The maximum absolute atomic E-state index is 10.7. The monoisotopic (exact) mass is 364 g/mol. The van der Waals surface area contributed by atoms with Crippen LogP contribution in [0.2, 0.25) is 10.0 Å². The van der Waals surface area contributed by atoms with Crippen LogP contribution in [0.15, 0.2) is 24.4 Å². The fraction of sp³-hybridized carbons (Fsp3) is 0.235. The largest absolute Gasteiger partial charge is 0.494 e. The number of fused-ring (bicyclic) bond motifs is 1. The molecule has 24 heavy (non-hydrogen) atoms. The average molecular weight is 365 g/mol. The van der Waals surface area contributed by atoms with Crippen LogP contribution in [-0.4, -0.2) is 21.2 Å². The Morgan fingerprint density at radius 3 is 2.62 bits per heavy atom. The molecule has 3 rings (SSSR count). The van der Waals surface area contributed by atoms with Gasteiger partial charge in [-0.1, -0.05) is 29.3 Å². The van der Waals surface area contributed by atoms with E-state index in [4.69, 9.17) is 34.7 Å². The summed E-state index contributed by atoms with van der Waals surface area (Å²) in [7, 11) is 0. The van der Waals surface area contributed by atoms with E-state index >= 15 is 0 Å². The Labute approximate surface area is 149 Å². The van der Waals surface area contributed by atoms with Crippen LogP contribution in [0.1, 0.15) is 11.3 Å². The lowest BCUT2D eigenvalue weighted by atomic mass is 9.95. The molecular weight excluding hydrogens is 347 g/mol. The van der Waals surface area contributed by atoms with Gasteiger partial charge in [-0.05, 0) is 24.6 Å². The summed E-state index contributed by atoms with van der Waals surface area (Å²) in [4.78, 5) is 4.57. The molecule has 0 fully saturated rings. The maximum atomic E-state index is 10.7. The zero-order valence-electron chi connectivity index (χ0n) is 13.2. The number of nitrogens with two attached hydrogens (primary N) is 2. The van der Waals surface area contributed by atoms with Gasteiger partial charge >= 0.3 is 0 Å². The van der Waals surface area contributed by atoms with E-state index in [0.29, 0.717) is 34.0 Å². The van der Waals surface area contributed by atoms with Gasteiger partial charge in [-0.25, -0.2) is 0 Å². The van der Waals surface area contributed by atoms with Crippen LogP contribution in [0.5, 0.6) is 5.88 Å². The van der Waals surface area contributed by atoms with Gasteiger partial charge in [0.05, 0.1) is 10.9 Å². The molecule has 0 amide bonds. The van der Waals surface area contributed by atoms with Crippen molar-refractivity contribution in [1.82, 2.24) is 9.55 Å². The number of halogens is 2. The first kappa shape index (κ1) is 17.0. The Kier molecular flexibility index (Phi) is 4.69. The topological polar surface area (TPSA) is 90.1 Å². The molecular formula is C17H18Cl2N4O. The second kappa shape index (κ2) is 6.61. The van der Waals surface area contributed by atoms with Crippen LogP contribution >= 0.6 is 23.2 Å². The predicted octanol–water partition coefficient (Wildman–Crippen LogP) is 3.44. The first-order chi connectivity index (χ1) is 11.5. The van der Waals surface area contributed by atoms with E-state index in [0.717, 1.165) is 22.4 Å². The van der Waals surface area contributed by atoms with E-state index in [9.17, 15) is 5.11 Å². The minimum Gasteiger partial charge on any atom is -0.494 e. The summed E-state index contributed by atoms with van der Waals surface area (Å²) in [6.45, 7) is 3.08. The number of nitrogens with zero attached hydrogens (tertiary/aromatic N) is 2. The number of pyridine rings is 1. The van der Waals surface area contributed by atoms with Crippen LogP contribution in [0, 0.1) is 6.92 Å². The van der Waals surface area contributed by atoms with E-state index in [1.807, 2.05) is 13.0 Å². The lowest BCUT2D eigenvalue weighted by molar-refractivity contribution is 0.424. The fourth-order valence-electron chi connectivity index (χ4n) is 2.98. The van der Waals surface area contributed by atoms with Crippen molar-refractivity contribution in [2.45, 2.75) is 20.0 Å². The number of aromatic hydroxyl groups is 1. The van der Waals surface area contributed by atoms with Crippen molar-refractivity contribution in [1.29, 1.82) is 0 Å². The summed E-state index contributed by atoms with van der Waals surface area (Å²) in [6.07, 6.45) is 1.79. The van der Waals surface area contributed by atoms with Crippen molar-refractivity contribution in [3.63, 3.8) is 0 Å². The molecule has 0 saturated carbocycles. The van der Waals surface area contributed by atoms with E-state index in [1.165, 1.54) is 0 Å². The van der Waals surface area contributed by atoms with Crippen LogP contribution < -0.4 is 11.5 Å². The van der Waals surface area contributed by atoms with Gasteiger partial charge in [0.15, 0.2) is 0 Å². The van der Waals surface area contributed by atoms with Crippen LogP contribution in [0.4, 0.5) is 0 Å². The third kappa shape index (κ3) is 2.74. The number of aromatic nitrogens is 2. The second-order valence-corrected chi connectivity index (χ2v) is 6.42. The molecule has 5 nitrogen and oxygen atoms in total. The molecule has 0 unspecified atom stereocenters. The van der Waals surface area contributed by atoms with Crippen molar-refractivity contribution < 1.29 is 5.11 Å². The molecule has 7 heteroatoms. The summed E-state index contributed by atoms with van der Waals surface area (Å²) < 4.78 is 1.69. The summed E-state index contributed by atoms with van der Waals surface area (Å²) in [5.41, 5.74) is 15.4. The van der Waals surface area contributed by atoms with E-state index in [-0.39, 0.29) is 12.4 Å². The molecule has 3 aromatic rings. The van der Waals surface area contributed by atoms with Crippen molar-refractivity contribution in [3.05, 3.63) is 45.7 Å². The quantitative estimate of drug-likeness (QED) is 0.661. The first-order valence-electron chi connectivity index (χ1n) is 7.54. The number of benzene rings is 1. The van der Waals surface area contributed by atoms with E-state index in [2.05, 4.69) is 4.98 Å². The highest BCUT2D eigenvalue weighted by atomic mass is 35.5. The number of hydrogen-bond acceptors (Lipinski definition) is 4. The summed E-state index contributed by atoms with van der Waals surface area (Å²) in [5.74, 6) is 0.110. The van der Waals surface area contributed by atoms with Gasteiger partial charge in [0, 0.05) is 52.7 Å². The van der Waals surface area contributed by atoms with Gasteiger partial charge in [0.2, 0.25) is 5.88 Å². The van der Waals surface area contributed by atoms with Crippen molar-refractivity contribution >= 4 is 34.1 Å². The molecule has 0 bridgehead atoms. The van der Waals surface area contributed by atoms with Gasteiger partial charge in [0.25, 0.3) is 0 Å². The van der Waals surface area contributed by atoms with Gasteiger partial charge in [-0.2, -0.15) is 0 Å². The summed E-state index contributed by atoms with van der Waals surface area (Å²) in [5, 5.41) is 12.3. The molecule has 2 heterocycles. The van der Waals surface area contributed by atoms with Gasteiger partial charge in [-0.3, -0.25) is 4.98 Å². The average Bonchev–Trinajstić information content (AvgIpc) is 2.83. The molecule has 0 aliphatic carbocycles. The Balaban J connectivity index is 2.43. The molecule has 0 radical (unpaired) electrons. The Bertz CT molecular complexity index is 921. The number of aryl methyl sites for hydroxylation is 1. The molecule has 5 N–H and O–H groups in total. The number of rotatable bonds is 4. The molecule has 0 aliphatic heterocycles. The summed E-state index contributed by atoms with van der Waals surface area (Å²) in [6, 6.07) is 5.27. The number of hydrogen-bond donors (Lipinski definition) is 3. The Morgan fingerprint density at radius 2 is 2.00 bits per heavy atom. The Morgan fingerprint density at radius 1 is 1.25 bits per heavy atom.